The lowest BCUT2D eigenvalue weighted by Gasteiger charge is -2.17. The number of aryl methyl sites for hydroxylation is 1. The Labute approximate surface area is 151 Å². The van der Waals surface area contributed by atoms with E-state index in [0.717, 1.165) is 16.4 Å². The van der Waals surface area contributed by atoms with E-state index in [4.69, 9.17) is 12.2 Å². The molecule has 0 spiro atoms. The van der Waals surface area contributed by atoms with Gasteiger partial charge >= 0.3 is 0 Å². The average molecular weight is 366 g/mol. The molecule has 1 aromatic heterocycles. The highest BCUT2D eigenvalue weighted by molar-refractivity contribution is 7.73. The van der Waals surface area contributed by atoms with Crippen molar-refractivity contribution < 1.29 is 4.79 Å². The van der Waals surface area contributed by atoms with Gasteiger partial charge in [0.1, 0.15) is 0 Å². The first-order valence-electron chi connectivity index (χ1n) is 7.73. The summed E-state index contributed by atoms with van der Waals surface area (Å²) in [6, 6.07) is 8.16. The van der Waals surface area contributed by atoms with Gasteiger partial charge in [0, 0.05) is 11.7 Å². The van der Waals surface area contributed by atoms with Crippen molar-refractivity contribution in [2.75, 3.05) is 18.9 Å². The normalized spacial score (nSPS) is 11.1. The van der Waals surface area contributed by atoms with Gasteiger partial charge in [-0.05, 0) is 51.7 Å². The minimum Gasteiger partial charge on any atom is -0.353 e. The molecule has 0 atom stereocenters. The van der Waals surface area contributed by atoms with Gasteiger partial charge in [-0.15, -0.1) is 5.10 Å². The molecule has 1 heterocycles. The minimum atomic E-state index is -0.00694. The zero-order valence-electron chi connectivity index (χ0n) is 14.4. The number of rotatable bonds is 7. The number of benzene rings is 1. The van der Waals surface area contributed by atoms with Crippen LogP contribution in [0.25, 0.3) is 0 Å². The third-order valence-electron chi connectivity index (χ3n) is 3.23. The number of nitrogens with one attached hydrogen (secondary N) is 2. The number of aromatic nitrogens is 2. The van der Waals surface area contributed by atoms with E-state index in [2.05, 4.69) is 15.7 Å². The number of carbonyl (C=O) groups excluding carboxylic acids is 1. The molecule has 0 radical (unpaired) electrons. The Balaban J connectivity index is 2.00. The number of para-hydroxylation sites is 1. The van der Waals surface area contributed by atoms with Crippen LogP contribution in [0.4, 0.5) is 10.8 Å². The molecule has 0 saturated heterocycles. The van der Waals surface area contributed by atoms with Crippen molar-refractivity contribution in [3.63, 3.8) is 0 Å². The molecule has 0 aliphatic carbocycles. The zero-order chi connectivity index (χ0) is 17.7. The van der Waals surface area contributed by atoms with Crippen molar-refractivity contribution in [1.29, 1.82) is 0 Å². The lowest BCUT2D eigenvalue weighted by Crippen LogP contribution is -2.39. The monoisotopic (exact) mass is 365 g/mol. The SMILES string of the molecule is Cc1ccccc1Nc1nn(CN(C)CC(=O)NC(C)C)c(=S)s1. The van der Waals surface area contributed by atoms with E-state index in [9.17, 15) is 4.79 Å². The molecule has 0 saturated carbocycles. The molecule has 0 aliphatic rings. The maximum atomic E-state index is 11.8. The maximum absolute atomic E-state index is 11.8. The largest absolute Gasteiger partial charge is 0.353 e. The summed E-state index contributed by atoms with van der Waals surface area (Å²) in [4.78, 5) is 13.7. The number of hydrogen-bond acceptors (Lipinski definition) is 6. The molecule has 1 aromatic carbocycles. The van der Waals surface area contributed by atoms with E-state index >= 15 is 0 Å². The summed E-state index contributed by atoms with van der Waals surface area (Å²) in [5.74, 6) is -0.00694. The van der Waals surface area contributed by atoms with E-state index in [-0.39, 0.29) is 11.9 Å². The molecule has 0 unspecified atom stereocenters. The van der Waals surface area contributed by atoms with Crippen LogP contribution in [-0.2, 0) is 11.5 Å². The van der Waals surface area contributed by atoms with Crippen molar-refractivity contribution >= 4 is 40.3 Å². The number of nitrogens with zero attached hydrogens (tertiary/aromatic N) is 3. The van der Waals surface area contributed by atoms with Crippen molar-refractivity contribution in [2.45, 2.75) is 33.5 Å². The zero-order valence-corrected chi connectivity index (χ0v) is 16.0. The molecule has 2 aromatic rings. The molecule has 0 fully saturated rings. The first-order chi connectivity index (χ1) is 11.3. The molecular formula is C16H23N5OS2. The van der Waals surface area contributed by atoms with Crippen molar-refractivity contribution in [3.05, 3.63) is 33.8 Å². The predicted octanol–water partition coefficient (Wildman–Crippen LogP) is 3.14. The molecule has 6 nitrogen and oxygen atoms in total. The van der Waals surface area contributed by atoms with Crippen molar-refractivity contribution in [2.24, 2.45) is 0 Å². The van der Waals surface area contributed by atoms with Gasteiger partial charge in [-0.1, -0.05) is 29.5 Å². The lowest BCUT2D eigenvalue weighted by atomic mass is 10.2. The maximum Gasteiger partial charge on any atom is 0.234 e. The van der Waals surface area contributed by atoms with E-state index in [1.807, 2.05) is 57.0 Å². The predicted molar refractivity (Wildman–Crippen MR) is 101 cm³/mol. The van der Waals surface area contributed by atoms with Gasteiger partial charge in [-0.2, -0.15) is 0 Å². The molecule has 0 bridgehead atoms. The van der Waals surface area contributed by atoms with Gasteiger partial charge in [0.2, 0.25) is 11.0 Å². The van der Waals surface area contributed by atoms with Crippen molar-refractivity contribution in [3.8, 4) is 0 Å². The molecule has 8 heteroatoms. The van der Waals surface area contributed by atoms with Crippen LogP contribution < -0.4 is 10.6 Å². The molecule has 24 heavy (non-hydrogen) atoms. The second-order valence-electron chi connectivity index (χ2n) is 5.99. The molecule has 0 aliphatic heterocycles. The second kappa shape index (κ2) is 8.36. The molecule has 2 N–H and O–H groups in total. The van der Waals surface area contributed by atoms with Gasteiger partial charge < -0.3 is 10.6 Å². The fraction of sp³-hybridized carbons (Fsp3) is 0.438. The summed E-state index contributed by atoms with van der Waals surface area (Å²) >= 11 is 6.79. The topological polar surface area (TPSA) is 62.2 Å². The van der Waals surface area contributed by atoms with E-state index in [0.29, 0.717) is 17.2 Å². The van der Waals surface area contributed by atoms with Crippen LogP contribution in [-0.4, -0.2) is 40.2 Å². The van der Waals surface area contributed by atoms with Crippen LogP contribution >= 0.6 is 23.6 Å². The summed E-state index contributed by atoms with van der Waals surface area (Å²) in [6.45, 7) is 6.70. The Kier molecular flexibility index (Phi) is 6.47. The van der Waals surface area contributed by atoms with Gasteiger partial charge in [0.25, 0.3) is 0 Å². The summed E-state index contributed by atoms with van der Waals surface area (Å²) in [7, 11) is 1.87. The summed E-state index contributed by atoms with van der Waals surface area (Å²) in [6.07, 6.45) is 0. The highest BCUT2D eigenvalue weighted by Gasteiger charge is 2.11. The van der Waals surface area contributed by atoms with E-state index in [1.54, 1.807) is 4.68 Å². The molecular weight excluding hydrogens is 342 g/mol. The van der Waals surface area contributed by atoms with Crippen LogP contribution in [0.5, 0.6) is 0 Å². The Hall–Kier alpha value is -1.77. The number of anilines is 2. The van der Waals surface area contributed by atoms with Gasteiger partial charge in [-0.3, -0.25) is 9.69 Å². The fourth-order valence-electron chi connectivity index (χ4n) is 2.17. The number of hydrogen-bond donors (Lipinski definition) is 2. The Morgan fingerprint density at radius 3 is 2.79 bits per heavy atom. The number of amides is 1. The minimum absolute atomic E-state index is 0.00694. The first-order valence-corrected chi connectivity index (χ1v) is 8.96. The molecule has 1 amide bonds. The summed E-state index contributed by atoms with van der Waals surface area (Å²) < 4.78 is 2.39. The van der Waals surface area contributed by atoms with Crippen molar-refractivity contribution in [1.82, 2.24) is 20.0 Å². The Bertz CT molecular complexity index is 753. The standard InChI is InChI=1S/C16H23N5OS2/c1-11(2)17-14(22)9-20(4)10-21-16(23)24-15(19-21)18-13-8-6-5-7-12(13)3/h5-8,11H,9-10H2,1-4H3,(H,17,22)(H,18,19). The Morgan fingerprint density at radius 2 is 2.12 bits per heavy atom. The van der Waals surface area contributed by atoms with Gasteiger partial charge in [0.15, 0.2) is 3.95 Å². The second-order valence-corrected chi connectivity index (χ2v) is 7.61. The number of carbonyl (C=O) groups is 1. The third kappa shape index (κ3) is 5.40. The lowest BCUT2D eigenvalue weighted by molar-refractivity contribution is -0.122. The van der Waals surface area contributed by atoms with E-state index in [1.165, 1.54) is 11.3 Å². The van der Waals surface area contributed by atoms with Crippen LogP contribution in [0, 0.1) is 10.9 Å². The summed E-state index contributed by atoms with van der Waals surface area (Å²) in [5.41, 5.74) is 2.16. The van der Waals surface area contributed by atoms with Crippen LogP contribution in [0.1, 0.15) is 19.4 Å². The molecule has 2 rings (SSSR count). The summed E-state index contributed by atoms with van der Waals surface area (Å²) in [5, 5.41) is 11.4. The van der Waals surface area contributed by atoms with Gasteiger partial charge in [0.05, 0.1) is 13.2 Å². The smallest absolute Gasteiger partial charge is 0.234 e. The number of likely N-dealkylation sites (N-methyl/N-ethyl adjacent to an activating group) is 1. The first kappa shape index (κ1) is 18.6. The Morgan fingerprint density at radius 1 is 1.42 bits per heavy atom. The average Bonchev–Trinajstić information content (AvgIpc) is 2.80. The molecule has 130 valence electrons. The highest BCUT2D eigenvalue weighted by Crippen LogP contribution is 2.22. The highest BCUT2D eigenvalue weighted by atomic mass is 32.1. The van der Waals surface area contributed by atoms with Crippen LogP contribution in [0.15, 0.2) is 24.3 Å². The van der Waals surface area contributed by atoms with Crippen LogP contribution in [0.2, 0.25) is 0 Å². The van der Waals surface area contributed by atoms with Gasteiger partial charge in [-0.25, -0.2) is 4.68 Å². The van der Waals surface area contributed by atoms with Crippen LogP contribution in [0.3, 0.4) is 0 Å². The van der Waals surface area contributed by atoms with E-state index < -0.39 is 0 Å². The third-order valence-corrected chi connectivity index (χ3v) is 4.45. The fourth-order valence-corrected chi connectivity index (χ4v) is 3.17. The quantitative estimate of drug-likeness (QED) is 0.738.